The quantitative estimate of drug-likeness (QED) is 0.652. The van der Waals surface area contributed by atoms with Crippen LogP contribution in [0.4, 0.5) is 17.1 Å². The molecule has 0 spiro atoms. The fraction of sp³-hybridized carbons (Fsp3) is 0.500. The van der Waals surface area contributed by atoms with Gasteiger partial charge in [0, 0.05) is 19.2 Å². The van der Waals surface area contributed by atoms with Crippen molar-refractivity contribution in [3.05, 3.63) is 38.4 Å². The third kappa shape index (κ3) is 3.21. The van der Waals surface area contributed by atoms with Crippen LogP contribution >= 0.6 is 0 Å². The predicted molar refractivity (Wildman–Crippen MR) is 73.8 cm³/mol. The number of nitrogens with zero attached hydrogens (tertiary/aromatic N) is 3. The van der Waals surface area contributed by atoms with Gasteiger partial charge in [-0.15, -0.1) is 0 Å². The zero-order chi connectivity index (χ0) is 14.7. The van der Waals surface area contributed by atoms with Gasteiger partial charge in [0.1, 0.15) is 5.69 Å². The monoisotopic (exact) mass is 280 g/mol. The summed E-state index contributed by atoms with van der Waals surface area (Å²) in [6, 6.07) is 3.66. The molecule has 0 amide bonds. The molecule has 0 radical (unpaired) electrons. The van der Waals surface area contributed by atoms with Gasteiger partial charge < -0.3 is 10.2 Å². The van der Waals surface area contributed by atoms with Crippen LogP contribution in [0.5, 0.6) is 0 Å². The van der Waals surface area contributed by atoms with Crippen molar-refractivity contribution in [2.24, 2.45) is 5.92 Å². The number of benzene rings is 1. The molecule has 108 valence electrons. The van der Waals surface area contributed by atoms with Crippen LogP contribution in [0.15, 0.2) is 18.2 Å². The zero-order valence-corrected chi connectivity index (χ0v) is 11.1. The standard InChI is InChI=1S/C12H16N4O4/c1-14-5-4-9(8-14)7-13-11-3-2-10(15(17)18)6-12(11)16(19)20/h2-3,6,9,13H,4-5,7-8H2,1H3. The summed E-state index contributed by atoms with van der Waals surface area (Å²) in [6.07, 6.45) is 1.05. The van der Waals surface area contributed by atoms with E-state index in [2.05, 4.69) is 10.2 Å². The van der Waals surface area contributed by atoms with E-state index in [0.29, 0.717) is 18.2 Å². The fourth-order valence-corrected chi connectivity index (χ4v) is 2.38. The highest BCUT2D eigenvalue weighted by atomic mass is 16.6. The molecule has 1 aromatic carbocycles. The topological polar surface area (TPSA) is 102 Å². The number of likely N-dealkylation sites (tertiary alicyclic amines) is 1. The van der Waals surface area contributed by atoms with Crippen LogP contribution in [0.1, 0.15) is 6.42 Å². The molecule has 0 saturated carbocycles. The van der Waals surface area contributed by atoms with Crippen molar-refractivity contribution in [1.29, 1.82) is 0 Å². The van der Waals surface area contributed by atoms with Gasteiger partial charge in [-0.2, -0.15) is 0 Å². The van der Waals surface area contributed by atoms with Crippen molar-refractivity contribution in [1.82, 2.24) is 4.90 Å². The summed E-state index contributed by atoms with van der Waals surface area (Å²) in [6.45, 7) is 2.60. The first-order valence-corrected chi connectivity index (χ1v) is 6.32. The van der Waals surface area contributed by atoms with Crippen LogP contribution in [0.2, 0.25) is 0 Å². The van der Waals surface area contributed by atoms with E-state index in [1.54, 1.807) is 0 Å². The minimum absolute atomic E-state index is 0.259. The maximum Gasteiger partial charge on any atom is 0.299 e. The third-order valence-corrected chi connectivity index (χ3v) is 3.46. The molecule has 8 heteroatoms. The Balaban J connectivity index is 2.10. The number of hydrogen-bond donors (Lipinski definition) is 1. The van der Waals surface area contributed by atoms with Crippen LogP contribution in [0, 0.1) is 26.1 Å². The summed E-state index contributed by atoms with van der Waals surface area (Å²) in [5.74, 6) is 0.440. The van der Waals surface area contributed by atoms with E-state index in [1.165, 1.54) is 12.1 Å². The summed E-state index contributed by atoms with van der Waals surface area (Å²) in [7, 11) is 2.04. The van der Waals surface area contributed by atoms with E-state index in [0.717, 1.165) is 25.6 Å². The van der Waals surface area contributed by atoms with Gasteiger partial charge in [0.2, 0.25) is 0 Å². The Bertz CT molecular complexity index is 534. The molecule has 1 aromatic rings. The second kappa shape index (κ2) is 5.83. The Hall–Kier alpha value is -2.22. The largest absolute Gasteiger partial charge is 0.379 e. The van der Waals surface area contributed by atoms with Crippen molar-refractivity contribution in [2.45, 2.75) is 6.42 Å². The first-order valence-electron chi connectivity index (χ1n) is 6.32. The number of nitro groups is 2. The average molecular weight is 280 g/mol. The lowest BCUT2D eigenvalue weighted by molar-refractivity contribution is -0.393. The molecule has 1 fully saturated rings. The van der Waals surface area contributed by atoms with Gasteiger partial charge >= 0.3 is 0 Å². The molecule has 1 N–H and O–H groups in total. The summed E-state index contributed by atoms with van der Waals surface area (Å²) in [5.41, 5.74) is -0.205. The minimum atomic E-state index is -0.636. The van der Waals surface area contributed by atoms with Crippen molar-refractivity contribution in [2.75, 3.05) is 32.0 Å². The van der Waals surface area contributed by atoms with E-state index in [4.69, 9.17) is 0 Å². The summed E-state index contributed by atoms with van der Waals surface area (Å²) < 4.78 is 0. The SMILES string of the molecule is CN1CCC(CNc2ccc([N+](=O)[O-])cc2[N+](=O)[O-])C1. The predicted octanol–water partition coefficient (Wildman–Crippen LogP) is 1.87. The van der Waals surface area contributed by atoms with Gasteiger partial charge in [-0.3, -0.25) is 20.2 Å². The first-order chi connectivity index (χ1) is 9.47. The van der Waals surface area contributed by atoms with Crippen LogP contribution in [0.3, 0.4) is 0 Å². The van der Waals surface area contributed by atoms with Crippen molar-refractivity contribution < 1.29 is 9.85 Å². The molecule has 2 rings (SSSR count). The molecular formula is C12H16N4O4. The van der Waals surface area contributed by atoms with Crippen LogP contribution < -0.4 is 5.32 Å². The van der Waals surface area contributed by atoms with Crippen LogP contribution in [-0.4, -0.2) is 41.4 Å². The Morgan fingerprint density at radius 3 is 2.65 bits per heavy atom. The zero-order valence-electron chi connectivity index (χ0n) is 11.1. The highest BCUT2D eigenvalue weighted by molar-refractivity contribution is 5.65. The van der Waals surface area contributed by atoms with Crippen LogP contribution in [0.25, 0.3) is 0 Å². The molecule has 0 aromatic heterocycles. The Labute approximate surface area is 115 Å². The Kier molecular flexibility index (Phi) is 4.14. The summed E-state index contributed by atoms with van der Waals surface area (Å²) in [4.78, 5) is 22.6. The molecule has 8 nitrogen and oxygen atoms in total. The van der Waals surface area contributed by atoms with Crippen LogP contribution in [-0.2, 0) is 0 Å². The number of nitrogens with one attached hydrogen (secondary N) is 1. The lowest BCUT2D eigenvalue weighted by Crippen LogP contribution is -2.19. The molecule has 0 bridgehead atoms. The first kappa shape index (κ1) is 14.2. The highest BCUT2D eigenvalue weighted by Gasteiger charge is 2.22. The Morgan fingerprint density at radius 1 is 1.35 bits per heavy atom. The highest BCUT2D eigenvalue weighted by Crippen LogP contribution is 2.29. The van der Waals surface area contributed by atoms with Gasteiger partial charge in [-0.25, -0.2) is 0 Å². The maximum absolute atomic E-state index is 11.0. The van der Waals surface area contributed by atoms with Gasteiger partial charge in [-0.05, 0) is 32.0 Å². The van der Waals surface area contributed by atoms with Gasteiger partial charge in [0.05, 0.1) is 15.9 Å². The lowest BCUT2D eigenvalue weighted by Gasteiger charge is -2.12. The normalized spacial score (nSPS) is 18.9. The van der Waals surface area contributed by atoms with Gasteiger partial charge in [-0.1, -0.05) is 0 Å². The molecule has 1 aliphatic rings. The minimum Gasteiger partial charge on any atom is -0.379 e. The molecule has 1 atom stereocenters. The van der Waals surface area contributed by atoms with Gasteiger partial charge in [0.15, 0.2) is 0 Å². The molecule has 1 heterocycles. The summed E-state index contributed by atoms with van der Waals surface area (Å²) in [5, 5.41) is 24.7. The van der Waals surface area contributed by atoms with E-state index in [9.17, 15) is 20.2 Å². The molecule has 1 saturated heterocycles. The number of nitro benzene ring substituents is 2. The molecule has 1 unspecified atom stereocenters. The van der Waals surface area contributed by atoms with Crippen molar-refractivity contribution in [3.8, 4) is 0 Å². The molecule has 1 aliphatic heterocycles. The average Bonchev–Trinajstić information content (AvgIpc) is 2.81. The van der Waals surface area contributed by atoms with E-state index >= 15 is 0 Å². The van der Waals surface area contributed by atoms with E-state index < -0.39 is 9.85 Å². The van der Waals surface area contributed by atoms with Gasteiger partial charge in [0.25, 0.3) is 11.4 Å². The number of hydrogen-bond acceptors (Lipinski definition) is 6. The van der Waals surface area contributed by atoms with E-state index in [-0.39, 0.29) is 11.4 Å². The number of anilines is 1. The van der Waals surface area contributed by atoms with Crippen molar-refractivity contribution >= 4 is 17.1 Å². The summed E-state index contributed by atoms with van der Waals surface area (Å²) >= 11 is 0. The molecular weight excluding hydrogens is 264 g/mol. The van der Waals surface area contributed by atoms with E-state index in [1.807, 2.05) is 7.05 Å². The second-order valence-corrected chi connectivity index (χ2v) is 5.01. The second-order valence-electron chi connectivity index (χ2n) is 5.01. The molecule has 0 aliphatic carbocycles. The third-order valence-electron chi connectivity index (χ3n) is 3.46. The smallest absolute Gasteiger partial charge is 0.299 e. The molecule has 20 heavy (non-hydrogen) atoms. The number of rotatable bonds is 5. The number of non-ortho nitro benzene ring substituents is 1. The Morgan fingerprint density at radius 2 is 2.10 bits per heavy atom. The maximum atomic E-state index is 11.0. The fourth-order valence-electron chi connectivity index (χ4n) is 2.38. The van der Waals surface area contributed by atoms with Crippen molar-refractivity contribution in [3.63, 3.8) is 0 Å². The lowest BCUT2D eigenvalue weighted by atomic mass is 10.1.